The third-order valence-corrected chi connectivity index (χ3v) is 4.86. The van der Waals surface area contributed by atoms with Gasteiger partial charge >= 0.3 is 0 Å². The first kappa shape index (κ1) is 18.9. The highest BCUT2D eigenvalue weighted by Gasteiger charge is 2.41. The monoisotopic (exact) mass is 368 g/mol. The maximum absolute atomic E-state index is 13.3. The Morgan fingerprint density at radius 2 is 1.63 bits per heavy atom. The van der Waals surface area contributed by atoms with Crippen LogP contribution >= 0.6 is 0 Å². The third-order valence-electron chi connectivity index (χ3n) is 4.86. The molecule has 2 amide bonds. The van der Waals surface area contributed by atoms with E-state index in [2.05, 4.69) is 10.6 Å². The summed E-state index contributed by atoms with van der Waals surface area (Å²) in [5.41, 5.74) is 1.58. The normalized spacial score (nSPS) is 15.6. The van der Waals surface area contributed by atoms with Crippen LogP contribution in [0, 0.1) is 0 Å². The molecule has 1 fully saturated rings. The topological polar surface area (TPSA) is 76.7 Å². The molecule has 0 aromatic heterocycles. The van der Waals surface area contributed by atoms with Crippen LogP contribution in [0.2, 0.25) is 0 Å². The number of carbonyl (C=O) groups excluding carboxylic acids is 2. The number of benzene rings is 2. The Kier molecular flexibility index (Phi) is 5.76. The van der Waals surface area contributed by atoms with E-state index in [9.17, 15) is 9.59 Å². The Labute approximate surface area is 158 Å². The summed E-state index contributed by atoms with van der Waals surface area (Å²) in [6.45, 7) is 2.52. The first-order chi connectivity index (χ1) is 13.0. The quantitative estimate of drug-likeness (QED) is 0.849. The molecule has 0 aliphatic carbocycles. The van der Waals surface area contributed by atoms with Gasteiger partial charge in [0.15, 0.2) is 0 Å². The van der Waals surface area contributed by atoms with Crippen molar-refractivity contribution in [3.63, 3.8) is 0 Å². The van der Waals surface area contributed by atoms with Gasteiger partial charge in [0.25, 0.3) is 0 Å². The second kappa shape index (κ2) is 8.22. The molecule has 142 valence electrons. The summed E-state index contributed by atoms with van der Waals surface area (Å²) < 4.78 is 10.7. The predicted octanol–water partition coefficient (Wildman–Crippen LogP) is 3.34. The SMILES string of the molecule is COc1ccc(C2(C(=O)Nc3cccc(NC(C)=O)c3)CCOCC2)cc1. The summed E-state index contributed by atoms with van der Waals surface area (Å²) in [5.74, 6) is 0.526. The average Bonchev–Trinajstić information content (AvgIpc) is 2.68. The smallest absolute Gasteiger partial charge is 0.235 e. The van der Waals surface area contributed by atoms with Crippen molar-refractivity contribution in [2.75, 3.05) is 31.0 Å². The number of ether oxygens (including phenoxy) is 2. The van der Waals surface area contributed by atoms with Crippen LogP contribution in [0.15, 0.2) is 48.5 Å². The third kappa shape index (κ3) is 4.28. The molecule has 6 heteroatoms. The van der Waals surface area contributed by atoms with E-state index in [1.165, 1.54) is 6.92 Å². The van der Waals surface area contributed by atoms with Crippen LogP contribution in [0.1, 0.15) is 25.3 Å². The van der Waals surface area contributed by atoms with Crippen LogP contribution in [-0.2, 0) is 19.7 Å². The van der Waals surface area contributed by atoms with Gasteiger partial charge in [-0.25, -0.2) is 0 Å². The standard InChI is InChI=1S/C21H24N2O4/c1-15(24)22-17-4-3-5-18(14-17)23-20(25)21(10-12-27-13-11-21)16-6-8-19(26-2)9-7-16/h3-9,14H,10-13H2,1-2H3,(H,22,24)(H,23,25). The van der Waals surface area contributed by atoms with Crippen LogP contribution in [0.25, 0.3) is 0 Å². The van der Waals surface area contributed by atoms with E-state index in [0.29, 0.717) is 37.4 Å². The highest BCUT2D eigenvalue weighted by Crippen LogP contribution is 2.37. The zero-order valence-corrected chi connectivity index (χ0v) is 15.6. The lowest BCUT2D eigenvalue weighted by atomic mass is 9.73. The van der Waals surface area contributed by atoms with Gasteiger partial charge in [0.05, 0.1) is 12.5 Å². The molecule has 27 heavy (non-hydrogen) atoms. The summed E-state index contributed by atoms with van der Waals surface area (Å²) in [4.78, 5) is 24.6. The van der Waals surface area contributed by atoms with Crippen molar-refractivity contribution >= 4 is 23.2 Å². The van der Waals surface area contributed by atoms with Gasteiger partial charge in [0.1, 0.15) is 5.75 Å². The Hall–Kier alpha value is -2.86. The summed E-state index contributed by atoms with van der Waals surface area (Å²) >= 11 is 0. The molecule has 0 atom stereocenters. The lowest BCUT2D eigenvalue weighted by molar-refractivity contribution is -0.125. The lowest BCUT2D eigenvalue weighted by Gasteiger charge is -2.36. The van der Waals surface area contributed by atoms with Crippen LogP contribution in [0.4, 0.5) is 11.4 Å². The minimum absolute atomic E-state index is 0.0732. The summed E-state index contributed by atoms with van der Waals surface area (Å²) in [6.07, 6.45) is 1.22. The molecule has 0 radical (unpaired) electrons. The molecule has 2 aromatic rings. The highest BCUT2D eigenvalue weighted by molar-refractivity contribution is 6.00. The second-order valence-electron chi connectivity index (χ2n) is 6.64. The molecule has 0 spiro atoms. The zero-order chi connectivity index (χ0) is 19.3. The minimum Gasteiger partial charge on any atom is -0.497 e. The fraction of sp³-hybridized carbons (Fsp3) is 0.333. The molecule has 3 rings (SSSR count). The predicted molar refractivity (Wildman–Crippen MR) is 104 cm³/mol. The van der Waals surface area contributed by atoms with Gasteiger partial charge < -0.3 is 20.1 Å². The number of carbonyl (C=O) groups is 2. The van der Waals surface area contributed by atoms with Gasteiger partial charge in [-0.3, -0.25) is 9.59 Å². The molecule has 6 nitrogen and oxygen atoms in total. The number of rotatable bonds is 5. The fourth-order valence-electron chi connectivity index (χ4n) is 3.41. The lowest BCUT2D eigenvalue weighted by Crippen LogP contribution is -2.44. The van der Waals surface area contributed by atoms with Gasteiger partial charge in [-0.1, -0.05) is 18.2 Å². The van der Waals surface area contributed by atoms with Crippen molar-refractivity contribution in [1.29, 1.82) is 0 Å². The van der Waals surface area contributed by atoms with Crippen molar-refractivity contribution < 1.29 is 19.1 Å². The van der Waals surface area contributed by atoms with Crippen molar-refractivity contribution in [1.82, 2.24) is 0 Å². The van der Waals surface area contributed by atoms with Gasteiger partial charge in [0.2, 0.25) is 11.8 Å². The Morgan fingerprint density at radius 3 is 2.22 bits per heavy atom. The molecule has 0 bridgehead atoms. The summed E-state index contributed by atoms with van der Waals surface area (Å²) in [6, 6.07) is 14.8. The van der Waals surface area contributed by atoms with Crippen molar-refractivity contribution in [3.05, 3.63) is 54.1 Å². The Bertz CT molecular complexity index is 811. The van der Waals surface area contributed by atoms with Gasteiger partial charge in [-0.15, -0.1) is 0 Å². The number of nitrogens with one attached hydrogen (secondary N) is 2. The zero-order valence-electron chi connectivity index (χ0n) is 15.6. The number of amides is 2. The fourth-order valence-corrected chi connectivity index (χ4v) is 3.41. The van der Waals surface area contributed by atoms with E-state index in [1.807, 2.05) is 30.3 Å². The van der Waals surface area contributed by atoms with E-state index in [0.717, 1.165) is 11.3 Å². The number of hydrogen-bond acceptors (Lipinski definition) is 4. The first-order valence-electron chi connectivity index (χ1n) is 8.95. The van der Waals surface area contributed by atoms with Gasteiger partial charge in [0, 0.05) is 31.5 Å². The Morgan fingerprint density at radius 1 is 1.00 bits per heavy atom. The molecule has 0 saturated carbocycles. The molecule has 2 N–H and O–H groups in total. The molecule has 0 unspecified atom stereocenters. The van der Waals surface area contributed by atoms with Gasteiger partial charge in [-0.05, 0) is 48.7 Å². The van der Waals surface area contributed by atoms with Crippen molar-refractivity contribution in [2.45, 2.75) is 25.2 Å². The van der Waals surface area contributed by atoms with Crippen molar-refractivity contribution in [2.24, 2.45) is 0 Å². The molecule has 2 aromatic carbocycles. The molecule has 1 heterocycles. The number of methoxy groups -OCH3 is 1. The minimum atomic E-state index is -0.658. The number of anilines is 2. The van der Waals surface area contributed by atoms with E-state index in [-0.39, 0.29) is 11.8 Å². The molecular formula is C21H24N2O4. The highest BCUT2D eigenvalue weighted by atomic mass is 16.5. The average molecular weight is 368 g/mol. The molecule has 1 saturated heterocycles. The Balaban J connectivity index is 1.86. The van der Waals surface area contributed by atoms with Crippen LogP contribution < -0.4 is 15.4 Å². The largest absolute Gasteiger partial charge is 0.497 e. The van der Waals surface area contributed by atoms with E-state index < -0.39 is 5.41 Å². The summed E-state index contributed by atoms with van der Waals surface area (Å²) in [7, 11) is 1.62. The maximum atomic E-state index is 13.3. The molecule has 1 aliphatic heterocycles. The van der Waals surface area contributed by atoms with Crippen LogP contribution in [-0.4, -0.2) is 32.1 Å². The number of hydrogen-bond donors (Lipinski definition) is 2. The van der Waals surface area contributed by atoms with Crippen LogP contribution in [0.5, 0.6) is 5.75 Å². The second-order valence-corrected chi connectivity index (χ2v) is 6.64. The van der Waals surface area contributed by atoms with E-state index >= 15 is 0 Å². The van der Waals surface area contributed by atoms with E-state index in [1.54, 1.807) is 25.3 Å². The first-order valence-corrected chi connectivity index (χ1v) is 8.95. The van der Waals surface area contributed by atoms with Gasteiger partial charge in [-0.2, -0.15) is 0 Å². The molecule has 1 aliphatic rings. The van der Waals surface area contributed by atoms with Crippen molar-refractivity contribution in [3.8, 4) is 5.75 Å². The van der Waals surface area contributed by atoms with Crippen LogP contribution in [0.3, 0.4) is 0 Å². The van der Waals surface area contributed by atoms with E-state index in [4.69, 9.17) is 9.47 Å². The summed E-state index contributed by atoms with van der Waals surface area (Å²) in [5, 5.41) is 5.74. The molecular weight excluding hydrogens is 344 g/mol. The maximum Gasteiger partial charge on any atom is 0.235 e.